The van der Waals surface area contributed by atoms with Crippen LogP contribution < -0.4 is 10.5 Å². The van der Waals surface area contributed by atoms with Crippen LogP contribution in [0.1, 0.15) is 25.3 Å². The number of carbonyl (C=O) groups is 1. The molecule has 0 fully saturated rings. The fourth-order valence-corrected chi connectivity index (χ4v) is 2.25. The van der Waals surface area contributed by atoms with Crippen LogP contribution in [-0.4, -0.2) is 17.7 Å². The first-order valence-corrected chi connectivity index (χ1v) is 7.01. The zero-order valence-corrected chi connectivity index (χ0v) is 11.6. The van der Waals surface area contributed by atoms with Crippen LogP contribution in [0.4, 0.5) is 0 Å². The van der Waals surface area contributed by atoms with E-state index in [0.717, 1.165) is 30.8 Å². The Morgan fingerprint density at radius 2 is 2.11 bits per heavy atom. The summed E-state index contributed by atoms with van der Waals surface area (Å²) in [7, 11) is 0. The smallest absolute Gasteiger partial charge is 0.286 e. The maximum Gasteiger partial charge on any atom is 0.286 e. The number of nitrogens with zero attached hydrogens (tertiary/aromatic N) is 1. The van der Waals surface area contributed by atoms with Crippen molar-refractivity contribution in [1.29, 1.82) is 0 Å². The zero-order chi connectivity index (χ0) is 13.7. The third-order valence-corrected chi connectivity index (χ3v) is 3.39. The summed E-state index contributed by atoms with van der Waals surface area (Å²) in [4.78, 5) is 15.7. The first-order valence-electron chi connectivity index (χ1n) is 6.20. The van der Waals surface area contributed by atoms with Gasteiger partial charge in [0.15, 0.2) is 5.17 Å². The van der Waals surface area contributed by atoms with Gasteiger partial charge in [0, 0.05) is 0 Å². The highest BCUT2D eigenvalue weighted by Gasteiger charge is 2.19. The molecule has 0 radical (unpaired) electrons. The molecule has 2 rings (SSSR count). The number of hydrogen-bond donors (Lipinski definition) is 1. The Bertz CT molecular complexity index is 521. The van der Waals surface area contributed by atoms with E-state index in [1.54, 1.807) is 6.08 Å². The number of carbonyl (C=O) groups excluding carboxylic acids is 1. The molecule has 0 aromatic heterocycles. The van der Waals surface area contributed by atoms with Gasteiger partial charge in [-0.05, 0) is 42.0 Å². The van der Waals surface area contributed by atoms with Crippen molar-refractivity contribution in [3.05, 3.63) is 34.7 Å². The second-order valence-corrected chi connectivity index (χ2v) is 5.20. The topological polar surface area (TPSA) is 64.7 Å². The Morgan fingerprint density at radius 1 is 1.37 bits per heavy atom. The number of nitrogens with two attached hydrogens (primary N) is 1. The maximum atomic E-state index is 11.4. The average Bonchev–Trinajstić information content (AvgIpc) is 2.70. The monoisotopic (exact) mass is 276 g/mol. The van der Waals surface area contributed by atoms with Crippen LogP contribution in [0.5, 0.6) is 5.75 Å². The standard InChI is InChI=1S/C14H16N2O2S/c1-2-3-8-18-11-6-4-10(5-7-11)9-12-13(17)16-14(15)19-12/h4-7,9H,2-3,8H2,1H3,(H2,15,16,17)/b12-9-. The molecule has 5 heteroatoms. The molecule has 1 aliphatic rings. The van der Waals surface area contributed by atoms with Gasteiger partial charge in [0.05, 0.1) is 11.5 Å². The number of amidine groups is 1. The van der Waals surface area contributed by atoms with Crippen molar-refractivity contribution in [3.63, 3.8) is 0 Å². The molecule has 1 aromatic carbocycles. The number of ether oxygens (including phenoxy) is 1. The first-order chi connectivity index (χ1) is 9.19. The van der Waals surface area contributed by atoms with E-state index in [9.17, 15) is 4.79 Å². The summed E-state index contributed by atoms with van der Waals surface area (Å²) in [6.45, 7) is 2.86. The molecule has 0 aliphatic carbocycles. The van der Waals surface area contributed by atoms with E-state index in [1.165, 1.54) is 11.8 Å². The number of hydrogen-bond acceptors (Lipinski definition) is 4. The van der Waals surface area contributed by atoms with Crippen molar-refractivity contribution in [1.82, 2.24) is 0 Å². The number of thioether (sulfide) groups is 1. The average molecular weight is 276 g/mol. The minimum atomic E-state index is -0.272. The molecule has 0 saturated carbocycles. The minimum Gasteiger partial charge on any atom is -0.494 e. The van der Waals surface area contributed by atoms with Gasteiger partial charge < -0.3 is 10.5 Å². The zero-order valence-electron chi connectivity index (χ0n) is 10.8. The van der Waals surface area contributed by atoms with E-state index in [-0.39, 0.29) is 5.91 Å². The second kappa shape index (κ2) is 6.43. The fraction of sp³-hybridized carbons (Fsp3) is 0.286. The van der Waals surface area contributed by atoms with E-state index >= 15 is 0 Å². The van der Waals surface area contributed by atoms with E-state index in [4.69, 9.17) is 10.5 Å². The number of amides is 1. The third-order valence-electron chi connectivity index (χ3n) is 2.58. The molecule has 0 spiro atoms. The van der Waals surface area contributed by atoms with Crippen molar-refractivity contribution in [3.8, 4) is 5.75 Å². The quantitative estimate of drug-likeness (QED) is 0.663. The molecule has 0 bridgehead atoms. The van der Waals surface area contributed by atoms with Gasteiger partial charge in [-0.3, -0.25) is 4.79 Å². The molecule has 1 heterocycles. The van der Waals surface area contributed by atoms with Crippen LogP contribution >= 0.6 is 11.8 Å². The Hall–Kier alpha value is -1.75. The predicted octanol–water partition coefficient (Wildman–Crippen LogP) is 2.79. The number of unbranched alkanes of at least 4 members (excludes halogenated alkanes) is 1. The summed E-state index contributed by atoms with van der Waals surface area (Å²) < 4.78 is 5.57. The molecule has 100 valence electrons. The van der Waals surface area contributed by atoms with Gasteiger partial charge in [-0.1, -0.05) is 25.5 Å². The van der Waals surface area contributed by atoms with E-state index in [0.29, 0.717) is 10.1 Å². The number of benzene rings is 1. The molecule has 0 saturated heterocycles. The highest BCUT2D eigenvalue weighted by atomic mass is 32.2. The molecule has 1 amide bonds. The molecular formula is C14H16N2O2S. The Kier molecular flexibility index (Phi) is 4.63. The second-order valence-electron chi connectivity index (χ2n) is 4.14. The third kappa shape index (κ3) is 3.86. The molecule has 2 N–H and O–H groups in total. The lowest BCUT2D eigenvalue weighted by atomic mass is 10.2. The van der Waals surface area contributed by atoms with Crippen LogP contribution in [0.15, 0.2) is 34.2 Å². The van der Waals surface area contributed by atoms with Gasteiger partial charge in [0.1, 0.15) is 5.75 Å². The van der Waals surface area contributed by atoms with Crippen molar-refractivity contribution < 1.29 is 9.53 Å². The molecular weight excluding hydrogens is 260 g/mol. The molecule has 0 atom stereocenters. The number of aliphatic imine (C=N–C) groups is 1. The largest absolute Gasteiger partial charge is 0.494 e. The van der Waals surface area contributed by atoms with Crippen molar-refractivity contribution in [2.24, 2.45) is 10.7 Å². The molecule has 1 aliphatic heterocycles. The van der Waals surface area contributed by atoms with Gasteiger partial charge in [-0.15, -0.1) is 0 Å². The van der Waals surface area contributed by atoms with Crippen LogP contribution in [0.3, 0.4) is 0 Å². The van der Waals surface area contributed by atoms with E-state index in [1.807, 2.05) is 24.3 Å². The lowest BCUT2D eigenvalue weighted by Crippen LogP contribution is -2.01. The molecule has 0 unspecified atom stereocenters. The first kappa shape index (κ1) is 13.7. The SMILES string of the molecule is CCCCOc1ccc(/C=C2\SC(N)=NC2=O)cc1. The summed E-state index contributed by atoms with van der Waals surface area (Å²) in [5.41, 5.74) is 6.43. The highest BCUT2D eigenvalue weighted by molar-refractivity contribution is 8.18. The van der Waals surface area contributed by atoms with Gasteiger partial charge in [0.25, 0.3) is 5.91 Å². The van der Waals surface area contributed by atoms with Crippen LogP contribution in [0.25, 0.3) is 6.08 Å². The minimum absolute atomic E-state index is 0.272. The summed E-state index contributed by atoms with van der Waals surface area (Å²) in [5.74, 6) is 0.572. The molecule has 1 aromatic rings. The van der Waals surface area contributed by atoms with Gasteiger partial charge in [0.2, 0.25) is 0 Å². The van der Waals surface area contributed by atoms with Crippen molar-refractivity contribution in [2.75, 3.05) is 6.61 Å². The normalized spacial score (nSPS) is 16.8. The van der Waals surface area contributed by atoms with Gasteiger partial charge >= 0.3 is 0 Å². The lowest BCUT2D eigenvalue weighted by molar-refractivity contribution is -0.113. The van der Waals surface area contributed by atoms with Crippen molar-refractivity contribution >= 4 is 28.9 Å². The summed E-state index contributed by atoms with van der Waals surface area (Å²) >= 11 is 1.20. The summed E-state index contributed by atoms with van der Waals surface area (Å²) in [6, 6.07) is 7.62. The van der Waals surface area contributed by atoms with Crippen molar-refractivity contribution in [2.45, 2.75) is 19.8 Å². The Labute approximate surface area is 116 Å². The fourth-order valence-electron chi connectivity index (χ4n) is 1.57. The van der Waals surface area contributed by atoms with Crippen LogP contribution in [0, 0.1) is 0 Å². The lowest BCUT2D eigenvalue weighted by Gasteiger charge is -2.05. The highest BCUT2D eigenvalue weighted by Crippen LogP contribution is 2.26. The van der Waals surface area contributed by atoms with Gasteiger partial charge in [-0.25, -0.2) is 0 Å². The van der Waals surface area contributed by atoms with Gasteiger partial charge in [-0.2, -0.15) is 4.99 Å². The van der Waals surface area contributed by atoms with Crippen LogP contribution in [-0.2, 0) is 4.79 Å². The Morgan fingerprint density at radius 3 is 2.68 bits per heavy atom. The Balaban J connectivity index is 1.99. The van der Waals surface area contributed by atoms with E-state index in [2.05, 4.69) is 11.9 Å². The van der Waals surface area contributed by atoms with Crippen LogP contribution in [0.2, 0.25) is 0 Å². The molecule has 19 heavy (non-hydrogen) atoms. The predicted molar refractivity (Wildman–Crippen MR) is 79.0 cm³/mol. The molecule has 4 nitrogen and oxygen atoms in total. The summed E-state index contributed by atoms with van der Waals surface area (Å²) in [6.07, 6.45) is 3.95. The number of rotatable bonds is 5. The maximum absolute atomic E-state index is 11.4. The summed E-state index contributed by atoms with van der Waals surface area (Å²) in [5, 5.41) is 0.302. The van der Waals surface area contributed by atoms with E-state index < -0.39 is 0 Å².